The minimum atomic E-state index is 0.431. The quantitative estimate of drug-likeness (QED) is 0.864. The molecule has 0 amide bonds. The number of rotatable bonds is 4. The van der Waals surface area contributed by atoms with Gasteiger partial charge in [-0.3, -0.25) is 0 Å². The Morgan fingerprint density at radius 3 is 2.43 bits per heavy atom. The van der Waals surface area contributed by atoms with Gasteiger partial charge in [0.15, 0.2) is 5.69 Å². The fraction of sp³-hybridized carbons (Fsp3) is 0.438. The van der Waals surface area contributed by atoms with Crippen LogP contribution in [0.25, 0.3) is 5.69 Å². The van der Waals surface area contributed by atoms with Gasteiger partial charge in [0.2, 0.25) is 0 Å². The highest BCUT2D eigenvalue weighted by molar-refractivity contribution is 5.52. The first-order valence-electron chi connectivity index (χ1n) is 7.53. The molecule has 0 radical (unpaired) electrons. The van der Waals surface area contributed by atoms with Gasteiger partial charge in [0.1, 0.15) is 6.07 Å². The Hall–Kier alpha value is -2.35. The molecule has 5 nitrogen and oxygen atoms in total. The van der Waals surface area contributed by atoms with E-state index in [0.717, 1.165) is 37.3 Å². The second-order valence-electron chi connectivity index (χ2n) is 5.37. The van der Waals surface area contributed by atoms with Crippen molar-refractivity contribution in [2.24, 2.45) is 0 Å². The van der Waals surface area contributed by atoms with Crippen LogP contribution in [0.1, 0.15) is 37.6 Å². The summed E-state index contributed by atoms with van der Waals surface area (Å²) in [5, 5.41) is 17.2. The zero-order valence-electron chi connectivity index (χ0n) is 12.3. The molecule has 1 aromatic carbocycles. The number of hydrogen-bond acceptors (Lipinski definition) is 4. The summed E-state index contributed by atoms with van der Waals surface area (Å²) in [5.41, 5.74) is 3.55. The predicted molar refractivity (Wildman–Crippen MR) is 81.5 cm³/mol. The standard InChI is InChI=1S/C16H19N5/c1-2-5-16-15(12-17)18-19-21(16)14-8-6-13(7-9-14)20-10-3-4-11-20/h6-9H,2-5,10-11H2,1H3. The Labute approximate surface area is 124 Å². The summed E-state index contributed by atoms with van der Waals surface area (Å²) in [7, 11) is 0. The summed E-state index contributed by atoms with van der Waals surface area (Å²) in [6.45, 7) is 4.37. The topological polar surface area (TPSA) is 57.7 Å². The minimum Gasteiger partial charge on any atom is -0.372 e. The molecule has 21 heavy (non-hydrogen) atoms. The van der Waals surface area contributed by atoms with Crippen LogP contribution in [0.4, 0.5) is 5.69 Å². The summed E-state index contributed by atoms with van der Waals surface area (Å²) in [6.07, 6.45) is 4.33. The number of nitriles is 1. The van der Waals surface area contributed by atoms with E-state index >= 15 is 0 Å². The van der Waals surface area contributed by atoms with E-state index < -0.39 is 0 Å². The van der Waals surface area contributed by atoms with E-state index in [4.69, 9.17) is 5.26 Å². The zero-order chi connectivity index (χ0) is 14.7. The SMILES string of the molecule is CCCc1c(C#N)nnn1-c1ccc(N2CCCC2)cc1. The van der Waals surface area contributed by atoms with E-state index in [-0.39, 0.29) is 0 Å². The van der Waals surface area contributed by atoms with Crippen molar-refractivity contribution in [2.45, 2.75) is 32.6 Å². The van der Waals surface area contributed by atoms with Crippen LogP contribution in [0, 0.1) is 11.3 Å². The third kappa shape index (κ3) is 2.62. The fourth-order valence-electron chi connectivity index (χ4n) is 2.84. The van der Waals surface area contributed by atoms with Crippen LogP contribution < -0.4 is 4.90 Å². The molecule has 1 aliphatic heterocycles. The molecule has 0 N–H and O–H groups in total. The van der Waals surface area contributed by atoms with Crippen LogP contribution in [0.3, 0.4) is 0 Å². The van der Waals surface area contributed by atoms with E-state index in [1.807, 2.05) is 0 Å². The second kappa shape index (κ2) is 5.96. The molecule has 1 saturated heterocycles. The van der Waals surface area contributed by atoms with E-state index in [9.17, 15) is 0 Å². The van der Waals surface area contributed by atoms with Crippen molar-refractivity contribution in [3.05, 3.63) is 35.7 Å². The summed E-state index contributed by atoms with van der Waals surface area (Å²) in [4.78, 5) is 2.40. The van der Waals surface area contributed by atoms with E-state index in [2.05, 4.69) is 52.5 Å². The highest BCUT2D eigenvalue weighted by Crippen LogP contribution is 2.22. The van der Waals surface area contributed by atoms with Crippen molar-refractivity contribution in [1.29, 1.82) is 5.26 Å². The minimum absolute atomic E-state index is 0.431. The Morgan fingerprint density at radius 2 is 1.81 bits per heavy atom. The second-order valence-corrected chi connectivity index (χ2v) is 5.37. The predicted octanol–water partition coefficient (Wildman–Crippen LogP) is 2.69. The number of aromatic nitrogens is 3. The van der Waals surface area contributed by atoms with Gasteiger partial charge in [0, 0.05) is 18.8 Å². The highest BCUT2D eigenvalue weighted by atomic mass is 15.4. The lowest BCUT2D eigenvalue weighted by Crippen LogP contribution is -2.17. The Morgan fingerprint density at radius 1 is 1.14 bits per heavy atom. The first-order chi connectivity index (χ1) is 10.3. The lowest BCUT2D eigenvalue weighted by molar-refractivity contribution is 0.745. The van der Waals surface area contributed by atoms with Crippen molar-refractivity contribution in [3.8, 4) is 11.8 Å². The van der Waals surface area contributed by atoms with Crippen molar-refractivity contribution in [2.75, 3.05) is 18.0 Å². The van der Waals surface area contributed by atoms with Gasteiger partial charge in [-0.15, -0.1) is 5.10 Å². The van der Waals surface area contributed by atoms with Crippen LogP contribution in [0.15, 0.2) is 24.3 Å². The van der Waals surface area contributed by atoms with Crippen molar-refractivity contribution in [1.82, 2.24) is 15.0 Å². The van der Waals surface area contributed by atoms with Gasteiger partial charge >= 0.3 is 0 Å². The average Bonchev–Trinajstić information content (AvgIpc) is 3.17. The van der Waals surface area contributed by atoms with Crippen molar-refractivity contribution >= 4 is 5.69 Å². The molecule has 108 valence electrons. The molecule has 5 heteroatoms. The molecule has 1 aliphatic rings. The molecular weight excluding hydrogens is 262 g/mol. The van der Waals surface area contributed by atoms with Gasteiger partial charge in [0.05, 0.1) is 11.4 Å². The van der Waals surface area contributed by atoms with Gasteiger partial charge < -0.3 is 4.90 Å². The lowest BCUT2D eigenvalue weighted by atomic mass is 10.2. The Balaban J connectivity index is 1.90. The third-order valence-electron chi connectivity index (χ3n) is 3.92. The summed E-state index contributed by atoms with van der Waals surface area (Å²) in [6, 6.07) is 10.5. The van der Waals surface area contributed by atoms with E-state index in [1.54, 1.807) is 4.68 Å². The molecular formula is C16H19N5. The van der Waals surface area contributed by atoms with Crippen LogP contribution >= 0.6 is 0 Å². The Bertz CT molecular complexity index is 644. The molecule has 0 bridgehead atoms. The molecule has 0 unspecified atom stereocenters. The molecule has 2 aromatic rings. The molecule has 0 spiro atoms. The van der Waals surface area contributed by atoms with E-state index in [1.165, 1.54) is 18.5 Å². The van der Waals surface area contributed by atoms with Crippen LogP contribution in [-0.2, 0) is 6.42 Å². The molecule has 2 heterocycles. The highest BCUT2D eigenvalue weighted by Gasteiger charge is 2.15. The van der Waals surface area contributed by atoms with Crippen molar-refractivity contribution in [3.63, 3.8) is 0 Å². The number of anilines is 1. The lowest BCUT2D eigenvalue weighted by Gasteiger charge is -2.17. The molecule has 1 fully saturated rings. The van der Waals surface area contributed by atoms with Gasteiger partial charge in [0.25, 0.3) is 0 Å². The normalized spacial score (nSPS) is 14.4. The van der Waals surface area contributed by atoms with Gasteiger partial charge in [-0.25, -0.2) is 4.68 Å². The number of nitrogens with zero attached hydrogens (tertiary/aromatic N) is 5. The molecule has 3 rings (SSSR count). The van der Waals surface area contributed by atoms with Gasteiger partial charge in [-0.05, 0) is 43.5 Å². The number of hydrogen-bond donors (Lipinski definition) is 0. The smallest absolute Gasteiger partial charge is 0.186 e. The Kier molecular flexibility index (Phi) is 3.87. The zero-order valence-corrected chi connectivity index (χ0v) is 12.3. The number of benzene rings is 1. The largest absolute Gasteiger partial charge is 0.372 e. The van der Waals surface area contributed by atoms with Crippen LogP contribution in [0.2, 0.25) is 0 Å². The fourth-order valence-corrected chi connectivity index (χ4v) is 2.84. The summed E-state index contributed by atoms with van der Waals surface area (Å²) < 4.78 is 1.79. The van der Waals surface area contributed by atoms with Crippen LogP contribution in [-0.4, -0.2) is 28.1 Å². The maximum absolute atomic E-state index is 9.12. The summed E-state index contributed by atoms with van der Waals surface area (Å²) >= 11 is 0. The first-order valence-corrected chi connectivity index (χ1v) is 7.53. The first kappa shape index (κ1) is 13.6. The van der Waals surface area contributed by atoms with Crippen molar-refractivity contribution < 1.29 is 0 Å². The maximum Gasteiger partial charge on any atom is 0.186 e. The van der Waals surface area contributed by atoms with Gasteiger partial charge in [-0.1, -0.05) is 18.6 Å². The monoisotopic (exact) mass is 281 g/mol. The third-order valence-corrected chi connectivity index (χ3v) is 3.92. The molecule has 1 aromatic heterocycles. The maximum atomic E-state index is 9.12. The van der Waals surface area contributed by atoms with Gasteiger partial charge in [-0.2, -0.15) is 5.26 Å². The summed E-state index contributed by atoms with van der Waals surface area (Å²) in [5.74, 6) is 0. The average molecular weight is 281 g/mol. The molecule has 0 aliphatic carbocycles. The van der Waals surface area contributed by atoms with Crippen LogP contribution in [0.5, 0.6) is 0 Å². The molecule has 0 atom stereocenters. The van der Waals surface area contributed by atoms with E-state index in [0.29, 0.717) is 5.69 Å². The molecule has 0 saturated carbocycles.